The molecule has 0 N–H and O–H groups in total. The number of hydrogen-bond donors (Lipinski definition) is 0. The second-order valence-corrected chi connectivity index (χ2v) is 10.7. The van der Waals surface area contributed by atoms with E-state index in [9.17, 15) is 0 Å². The average Bonchev–Trinajstić information content (AvgIpc) is 2.50. The minimum absolute atomic E-state index is 0.846. The molecule has 0 radical (unpaired) electrons. The van der Waals surface area contributed by atoms with Crippen LogP contribution >= 0.6 is 21.9 Å². The highest BCUT2D eigenvalue weighted by molar-refractivity contribution is 9.41. The summed E-state index contributed by atoms with van der Waals surface area (Å²) in [6, 6.07) is 16.2. The van der Waals surface area contributed by atoms with Crippen LogP contribution in [0.1, 0.15) is 30.9 Å². The molecule has 2 rings (SSSR count). The van der Waals surface area contributed by atoms with Gasteiger partial charge < -0.3 is 0 Å². The third-order valence-corrected chi connectivity index (χ3v) is 7.05. The van der Waals surface area contributed by atoms with Gasteiger partial charge in [-0.3, -0.25) is 9.05 Å². The Morgan fingerprint density at radius 1 is 0.818 bits per heavy atom. The second-order valence-electron chi connectivity index (χ2n) is 5.48. The number of rotatable bonds is 7. The highest BCUT2D eigenvalue weighted by Gasteiger charge is 2.42. The van der Waals surface area contributed by atoms with Crippen molar-refractivity contribution < 1.29 is 9.05 Å². The van der Waals surface area contributed by atoms with Crippen molar-refractivity contribution in [2.24, 2.45) is 0 Å². The van der Waals surface area contributed by atoms with E-state index in [0.717, 1.165) is 30.5 Å². The Morgan fingerprint density at radius 3 is 1.59 bits per heavy atom. The van der Waals surface area contributed by atoms with Crippen molar-refractivity contribution in [3.05, 3.63) is 59.7 Å². The molecule has 0 bridgehead atoms. The van der Waals surface area contributed by atoms with E-state index in [4.69, 9.17) is 9.05 Å². The van der Waals surface area contributed by atoms with Gasteiger partial charge in [0.15, 0.2) is 11.5 Å². The standard InChI is InChI=1S/C18H23BrO2P/c1-4-5-14-22(19,20-17-10-6-15(2)7-11-17)21-18-12-8-16(3)9-13-18/h6-13H,4-5,14H2,1-3H3/q+1. The molecule has 0 unspecified atom stereocenters. The van der Waals surface area contributed by atoms with Crippen LogP contribution in [-0.4, -0.2) is 6.16 Å². The van der Waals surface area contributed by atoms with Crippen LogP contribution in [0.2, 0.25) is 0 Å². The van der Waals surface area contributed by atoms with E-state index < -0.39 is 6.42 Å². The van der Waals surface area contributed by atoms with E-state index in [0.29, 0.717) is 0 Å². The summed E-state index contributed by atoms with van der Waals surface area (Å²) in [5.74, 6) is 1.69. The molecule has 0 spiro atoms. The highest BCUT2D eigenvalue weighted by atomic mass is 79.9. The van der Waals surface area contributed by atoms with Gasteiger partial charge in [0, 0.05) is 0 Å². The SMILES string of the molecule is CCCC[P+](Br)(Oc1ccc(C)cc1)Oc1ccc(C)cc1. The summed E-state index contributed by atoms with van der Waals surface area (Å²) in [6.45, 7) is 6.31. The Balaban J connectivity index is 2.14. The zero-order chi connectivity index (χ0) is 16.0. The fraction of sp³-hybridized carbons (Fsp3) is 0.333. The fourth-order valence-electron chi connectivity index (χ4n) is 1.97. The van der Waals surface area contributed by atoms with Crippen molar-refractivity contribution in [1.29, 1.82) is 0 Å². The Kier molecular flexibility index (Phi) is 6.28. The minimum atomic E-state index is -2.15. The predicted octanol–water partition coefficient (Wildman–Crippen LogP) is 6.72. The van der Waals surface area contributed by atoms with Gasteiger partial charge in [-0.1, -0.05) is 48.7 Å². The van der Waals surface area contributed by atoms with Gasteiger partial charge in [0.05, 0.1) is 0 Å². The summed E-state index contributed by atoms with van der Waals surface area (Å²) in [5.41, 5.74) is 2.44. The van der Waals surface area contributed by atoms with Gasteiger partial charge in [0.25, 0.3) is 0 Å². The molecule has 0 saturated heterocycles. The third-order valence-electron chi connectivity index (χ3n) is 3.30. The summed E-state index contributed by atoms with van der Waals surface area (Å²) in [7, 11) is 0. The van der Waals surface area contributed by atoms with Crippen LogP contribution in [0.5, 0.6) is 11.5 Å². The maximum atomic E-state index is 6.20. The second kappa shape index (κ2) is 7.99. The van der Waals surface area contributed by atoms with E-state index in [1.165, 1.54) is 11.1 Å². The van der Waals surface area contributed by atoms with Crippen LogP contribution in [0.25, 0.3) is 0 Å². The van der Waals surface area contributed by atoms with Crippen molar-refractivity contribution in [1.82, 2.24) is 0 Å². The predicted molar refractivity (Wildman–Crippen MR) is 99.2 cm³/mol. The summed E-state index contributed by atoms with van der Waals surface area (Å²) in [6.07, 6.45) is 0.912. The van der Waals surface area contributed by atoms with Crippen molar-refractivity contribution >= 4 is 21.9 Å². The maximum absolute atomic E-state index is 6.20. The highest BCUT2D eigenvalue weighted by Crippen LogP contribution is 2.67. The van der Waals surface area contributed by atoms with Crippen molar-refractivity contribution in [2.45, 2.75) is 33.6 Å². The number of benzene rings is 2. The number of halogens is 1. The van der Waals surface area contributed by atoms with Gasteiger partial charge >= 0.3 is 6.42 Å². The summed E-state index contributed by atoms with van der Waals surface area (Å²) < 4.78 is 12.4. The van der Waals surface area contributed by atoms with E-state index in [1.54, 1.807) is 0 Å². The fourth-order valence-corrected chi connectivity index (χ4v) is 5.51. The molecule has 2 aromatic rings. The van der Waals surface area contributed by atoms with Crippen molar-refractivity contribution in [3.8, 4) is 11.5 Å². The van der Waals surface area contributed by atoms with Gasteiger partial charge in [-0.2, -0.15) is 0 Å². The van der Waals surface area contributed by atoms with Gasteiger partial charge in [0.2, 0.25) is 15.5 Å². The molecule has 0 saturated carbocycles. The lowest BCUT2D eigenvalue weighted by Gasteiger charge is -2.18. The molecule has 22 heavy (non-hydrogen) atoms. The first-order valence-electron chi connectivity index (χ1n) is 7.61. The molecule has 0 aliphatic heterocycles. The lowest BCUT2D eigenvalue weighted by Crippen LogP contribution is -2.07. The monoisotopic (exact) mass is 381 g/mol. The largest absolute Gasteiger partial charge is 0.430 e. The Hall–Kier alpha value is -1.05. The molecule has 0 heterocycles. The zero-order valence-electron chi connectivity index (χ0n) is 13.4. The van der Waals surface area contributed by atoms with Crippen molar-refractivity contribution in [2.75, 3.05) is 6.16 Å². The number of unbranched alkanes of at least 4 members (excludes halogenated alkanes) is 1. The minimum Gasteiger partial charge on any atom is -0.298 e. The molecule has 0 aliphatic rings. The van der Waals surface area contributed by atoms with E-state index >= 15 is 0 Å². The van der Waals surface area contributed by atoms with Crippen molar-refractivity contribution in [3.63, 3.8) is 0 Å². The maximum Gasteiger partial charge on any atom is 0.430 e. The van der Waals surface area contributed by atoms with E-state index in [-0.39, 0.29) is 0 Å². The van der Waals surface area contributed by atoms with Crippen LogP contribution in [0.15, 0.2) is 48.5 Å². The molecule has 2 aromatic carbocycles. The molecule has 0 fully saturated rings. The number of hydrogen-bond acceptors (Lipinski definition) is 2. The quantitative estimate of drug-likeness (QED) is 0.495. The smallest absolute Gasteiger partial charge is 0.298 e. The van der Waals surface area contributed by atoms with Gasteiger partial charge in [0.1, 0.15) is 6.16 Å². The van der Waals surface area contributed by atoms with Crippen LogP contribution in [-0.2, 0) is 0 Å². The molecular formula is C18H23BrO2P+. The average molecular weight is 382 g/mol. The first-order valence-corrected chi connectivity index (χ1v) is 11.4. The lowest BCUT2D eigenvalue weighted by molar-refractivity contribution is 0.481. The van der Waals surface area contributed by atoms with Crippen LogP contribution in [0, 0.1) is 13.8 Å². The molecule has 0 amide bonds. The zero-order valence-corrected chi connectivity index (χ0v) is 15.9. The van der Waals surface area contributed by atoms with Gasteiger partial charge in [-0.25, -0.2) is 0 Å². The molecule has 118 valence electrons. The first-order chi connectivity index (χ1) is 10.5. The van der Waals surface area contributed by atoms with Crippen LogP contribution < -0.4 is 9.05 Å². The molecule has 2 nitrogen and oxygen atoms in total. The molecule has 4 heteroatoms. The van der Waals surface area contributed by atoms with Gasteiger partial charge in [-0.15, -0.1) is 0 Å². The van der Waals surface area contributed by atoms with Gasteiger partial charge in [-0.05, 0) is 44.5 Å². The van der Waals surface area contributed by atoms with Crippen LogP contribution in [0.3, 0.4) is 0 Å². The van der Waals surface area contributed by atoms with Crippen LogP contribution in [0.4, 0.5) is 0 Å². The summed E-state index contributed by atoms with van der Waals surface area (Å²) >= 11 is 3.76. The molecular weight excluding hydrogens is 359 g/mol. The molecule has 0 aromatic heterocycles. The Morgan fingerprint density at radius 2 is 1.23 bits per heavy atom. The lowest BCUT2D eigenvalue weighted by atomic mass is 10.2. The van der Waals surface area contributed by atoms with E-state index in [1.807, 2.05) is 24.3 Å². The molecule has 0 atom stereocenters. The Bertz CT molecular complexity index is 534. The first kappa shape index (κ1) is 17.3. The third kappa shape index (κ3) is 5.30. The molecule has 0 aliphatic carbocycles. The normalized spacial score (nSPS) is 11.3. The summed E-state index contributed by atoms with van der Waals surface area (Å²) in [5, 5.41) is 0. The van der Waals surface area contributed by atoms with E-state index in [2.05, 4.69) is 60.5 Å². The number of aryl methyl sites for hydroxylation is 2. The Labute approximate surface area is 142 Å². The topological polar surface area (TPSA) is 18.5 Å². The summed E-state index contributed by atoms with van der Waals surface area (Å²) in [4.78, 5) is 0.